The number of carbonyl (C=O) groups is 2. The van der Waals surface area contributed by atoms with E-state index in [-0.39, 0.29) is 12.4 Å². The van der Waals surface area contributed by atoms with Crippen molar-refractivity contribution in [2.24, 2.45) is 0 Å². The van der Waals surface area contributed by atoms with Gasteiger partial charge in [0.1, 0.15) is 5.75 Å². The number of thioether (sulfide) groups is 1. The number of ether oxygens (including phenoxy) is 2. The molecule has 2 rings (SSSR count). The number of carbonyl (C=O) groups excluding carboxylic acids is 2. The lowest BCUT2D eigenvalue weighted by atomic mass is 10.3. The molecule has 1 heterocycles. The molecule has 1 aromatic heterocycles. The zero-order valence-corrected chi connectivity index (χ0v) is 13.6. The van der Waals surface area contributed by atoms with Crippen LogP contribution in [-0.2, 0) is 9.53 Å². The normalized spacial score (nSPS) is 10.2. The van der Waals surface area contributed by atoms with E-state index in [0.717, 1.165) is 11.4 Å². The highest BCUT2D eigenvalue weighted by atomic mass is 32.2. The largest absolute Gasteiger partial charge is 0.497 e. The van der Waals surface area contributed by atoms with Crippen LogP contribution < -0.4 is 10.1 Å². The van der Waals surface area contributed by atoms with E-state index in [2.05, 4.69) is 15.0 Å². The number of rotatable bonds is 6. The Labute approximate surface area is 138 Å². The molecule has 2 aromatic rings. The molecule has 0 aliphatic carbocycles. The molecule has 7 nitrogen and oxygen atoms in total. The number of nitrogens with one attached hydrogen (secondary N) is 1. The van der Waals surface area contributed by atoms with E-state index >= 15 is 0 Å². The summed E-state index contributed by atoms with van der Waals surface area (Å²) in [6.45, 7) is 1.89. The highest BCUT2D eigenvalue weighted by Gasteiger charge is 2.12. The third-order valence-corrected chi connectivity index (χ3v) is 3.77. The lowest BCUT2D eigenvalue weighted by Gasteiger charge is -2.08. The van der Waals surface area contributed by atoms with Gasteiger partial charge in [-0.25, -0.2) is 9.78 Å². The van der Waals surface area contributed by atoms with Gasteiger partial charge in [0.05, 0.1) is 19.5 Å². The van der Waals surface area contributed by atoms with Crippen molar-refractivity contribution in [2.75, 3.05) is 19.5 Å². The van der Waals surface area contributed by atoms with E-state index in [0.29, 0.717) is 5.16 Å². The van der Waals surface area contributed by atoms with Crippen molar-refractivity contribution in [3.8, 4) is 11.4 Å². The molecule has 0 saturated carbocycles. The maximum absolute atomic E-state index is 11.7. The van der Waals surface area contributed by atoms with E-state index in [1.807, 2.05) is 28.8 Å². The molecule has 122 valence electrons. The molecule has 0 spiro atoms. The molecule has 2 amide bonds. The Hall–Kier alpha value is -2.48. The number of amides is 2. The number of hydrogen-bond donors (Lipinski definition) is 1. The first kappa shape index (κ1) is 16.9. The van der Waals surface area contributed by atoms with Crippen LogP contribution >= 0.6 is 11.8 Å². The van der Waals surface area contributed by atoms with Gasteiger partial charge in [0.15, 0.2) is 5.16 Å². The summed E-state index contributed by atoms with van der Waals surface area (Å²) in [5.74, 6) is 0.390. The van der Waals surface area contributed by atoms with Gasteiger partial charge in [-0.05, 0) is 31.2 Å². The van der Waals surface area contributed by atoms with E-state index in [1.165, 1.54) is 11.8 Å². The van der Waals surface area contributed by atoms with Crippen LogP contribution in [0, 0.1) is 0 Å². The highest BCUT2D eigenvalue weighted by molar-refractivity contribution is 7.99. The minimum atomic E-state index is -0.739. The van der Waals surface area contributed by atoms with Crippen LogP contribution in [0.2, 0.25) is 0 Å². The molecule has 0 aliphatic heterocycles. The zero-order valence-electron chi connectivity index (χ0n) is 12.8. The second-order valence-corrected chi connectivity index (χ2v) is 5.28. The molecule has 1 aromatic carbocycles. The van der Waals surface area contributed by atoms with Crippen LogP contribution in [0.4, 0.5) is 4.79 Å². The minimum absolute atomic E-state index is 0.0615. The lowest BCUT2D eigenvalue weighted by Crippen LogP contribution is -2.32. The lowest BCUT2D eigenvalue weighted by molar-refractivity contribution is -0.117. The summed E-state index contributed by atoms with van der Waals surface area (Å²) < 4.78 is 11.6. The number of methoxy groups -OCH3 is 1. The Morgan fingerprint density at radius 3 is 2.70 bits per heavy atom. The third kappa shape index (κ3) is 4.75. The molecule has 23 heavy (non-hydrogen) atoms. The predicted molar refractivity (Wildman–Crippen MR) is 86.0 cm³/mol. The molecule has 0 fully saturated rings. The number of benzene rings is 1. The fourth-order valence-electron chi connectivity index (χ4n) is 1.78. The van der Waals surface area contributed by atoms with Crippen LogP contribution in [0.15, 0.2) is 41.8 Å². The second kappa shape index (κ2) is 8.23. The summed E-state index contributed by atoms with van der Waals surface area (Å²) in [7, 11) is 1.61. The van der Waals surface area contributed by atoms with Crippen LogP contribution in [0.5, 0.6) is 5.75 Å². The molecule has 8 heteroatoms. The van der Waals surface area contributed by atoms with Crippen molar-refractivity contribution in [1.82, 2.24) is 14.9 Å². The summed E-state index contributed by atoms with van der Waals surface area (Å²) in [6, 6.07) is 7.47. The molecule has 0 aliphatic rings. The topological polar surface area (TPSA) is 82.5 Å². The zero-order chi connectivity index (χ0) is 16.7. The average molecular weight is 335 g/mol. The first-order valence-electron chi connectivity index (χ1n) is 6.91. The van der Waals surface area contributed by atoms with Crippen molar-refractivity contribution in [2.45, 2.75) is 12.1 Å². The monoisotopic (exact) mass is 335 g/mol. The summed E-state index contributed by atoms with van der Waals surface area (Å²) in [4.78, 5) is 27.1. The molecule has 0 bridgehead atoms. The Morgan fingerprint density at radius 2 is 2.04 bits per heavy atom. The highest BCUT2D eigenvalue weighted by Crippen LogP contribution is 2.22. The molecule has 0 unspecified atom stereocenters. The molecule has 0 atom stereocenters. The molecule has 0 saturated heterocycles. The van der Waals surface area contributed by atoms with Gasteiger partial charge in [-0.3, -0.25) is 14.7 Å². The van der Waals surface area contributed by atoms with Gasteiger partial charge in [0, 0.05) is 18.1 Å². The summed E-state index contributed by atoms with van der Waals surface area (Å²) in [5, 5.41) is 2.79. The maximum Gasteiger partial charge on any atom is 0.413 e. The third-order valence-electron chi connectivity index (χ3n) is 2.81. The SMILES string of the molecule is CCOC(=O)NC(=O)CSc1nccn1-c1ccc(OC)cc1. The second-order valence-electron chi connectivity index (χ2n) is 4.34. The summed E-state index contributed by atoms with van der Waals surface area (Å²) >= 11 is 1.23. The van der Waals surface area contributed by atoms with Gasteiger partial charge in [0.2, 0.25) is 5.91 Å². The fourth-order valence-corrected chi connectivity index (χ4v) is 2.56. The van der Waals surface area contributed by atoms with E-state index in [1.54, 1.807) is 26.4 Å². The van der Waals surface area contributed by atoms with Gasteiger partial charge in [-0.1, -0.05) is 11.8 Å². The maximum atomic E-state index is 11.7. The van der Waals surface area contributed by atoms with Crippen LogP contribution in [0.25, 0.3) is 5.69 Å². The number of imide groups is 1. The van der Waals surface area contributed by atoms with Crippen molar-refractivity contribution >= 4 is 23.8 Å². The molecule has 1 N–H and O–H groups in total. The Morgan fingerprint density at radius 1 is 1.30 bits per heavy atom. The predicted octanol–water partition coefficient (Wildman–Crippen LogP) is 2.25. The Kier molecular flexibility index (Phi) is 6.04. The molecular formula is C15H17N3O4S. The first-order chi connectivity index (χ1) is 11.1. The van der Waals surface area contributed by atoms with Gasteiger partial charge in [-0.2, -0.15) is 0 Å². The minimum Gasteiger partial charge on any atom is -0.497 e. The quantitative estimate of drug-likeness (QED) is 0.815. The van der Waals surface area contributed by atoms with E-state index in [4.69, 9.17) is 4.74 Å². The summed E-state index contributed by atoms with van der Waals surface area (Å²) in [6.07, 6.45) is 2.71. The van der Waals surface area contributed by atoms with Gasteiger partial charge >= 0.3 is 6.09 Å². The van der Waals surface area contributed by atoms with Gasteiger partial charge < -0.3 is 9.47 Å². The average Bonchev–Trinajstić information content (AvgIpc) is 3.01. The number of nitrogens with zero attached hydrogens (tertiary/aromatic N) is 2. The van der Waals surface area contributed by atoms with Crippen LogP contribution in [0.1, 0.15) is 6.92 Å². The smallest absolute Gasteiger partial charge is 0.413 e. The first-order valence-corrected chi connectivity index (χ1v) is 7.89. The van der Waals surface area contributed by atoms with Crippen molar-refractivity contribution < 1.29 is 19.1 Å². The van der Waals surface area contributed by atoms with Crippen molar-refractivity contribution in [3.05, 3.63) is 36.7 Å². The summed E-state index contributed by atoms with van der Waals surface area (Å²) in [5.41, 5.74) is 0.900. The van der Waals surface area contributed by atoms with Gasteiger partial charge in [-0.15, -0.1) is 0 Å². The molecule has 0 radical (unpaired) electrons. The number of hydrogen-bond acceptors (Lipinski definition) is 6. The van der Waals surface area contributed by atoms with Crippen molar-refractivity contribution in [1.29, 1.82) is 0 Å². The number of aromatic nitrogens is 2. The number of imidazole rings is 1. The van der Waals surface area contributed by atoms with Gasteiger partial charge in [0.25, 0.3) is 0 Å². The van der Waals surface area contributed by atoms with E-state index in [9.17, 15) is 9.59 Å². The van der Waals surface area contributed by atoms with E-state index < -0.39 is 12.0 Å². The van der Waals surface area contributed by atoms with Crippen LogP contribution in [-0.4, -0.2) is 41.0 Å². The standard InChI is InChI=1S/C15H17N3O4S/c1-3-22-15(20)17-13(19)10-23-14-16-8-9-18(14)11-4-6-12(21-2)7-5-11/h4-9H,3,10H2,1-2H3,(H,17,19,20). The fraction of sp³-hybridized carbons (Fsp3) is 0.267. The van der Waals surface area contributed by atoms with Crippen LogP contribution in [0.3, 0.4) is 0 Å². The number of alkyl carbamates (subject to hydrolysis) is 1. The molecular weight excluding hydrogens is 318 g/mol. The Balaban J connectivity index is 1.98. The Bertz CT molecular complexity index is 670. The van der Waals surface area contributed by atoms with Crippen molar-refractivity contribution in [3.63, 3.8) is 0 Å².